The van der Waals surface area contributed by atoms with Gasteiger partial charge in [0.05, 0.1) is 20.3 Å². The summed E-state index contributed by atoms with van der Waals surface area (Å²) in [6.07, 6.45) is 3.07. The molecule has 3 rings (SSSR count). The number of nitrogens with zero attached hydrogens (tertiary/aromatic N) is 4. The van der Waals surface area contributed by atoms with E-state index in [4.69, 9.17) is 9.47 Å². The van der Waals surface area contributed by atoms with Gasteiger partial charge in [-0.05, 0) is 11.6 Å². The highest BCUT2D eigenvalue weighted by molar-refractivity contribution is 5.92. The minimum Gasteiger partial charge on any atom is -0.481 e. The third-order valence-electron chi connectivity index (χ3n) is 3.68. The molecule has 8 nitrogen and oxygen atoms in total. The molecule has 126 valence electrons. The molecule has 1 N–H and O–H groups in total. The van der Waals surface area contributed by atoms with Crippen molar-refractivity contribution in [3.63, 3.8) is 0 Å². The summed E-state index contributed by atoms with van der Waals surface area (Å²) < 4.78 is 10.3. The Morgan fingerprint density at radius 1 is 1.29 bits per heavy atom. The zero-order valence-corrected chi connectivity index (χ0v) is 13.4. The summed E-state index contributed by atoms with van der Waals surface area (Å²) in [6.45, 7) is 3.52. The molecule has 0 saturated carbocycles. The average molecular weight is 329 g/mol. The second kappa shape index (κ2) is 7.69. The van der Waals surface area contributed by atoms with E-state index in [9.17, 15) is 4.79 Å². The van der Waals surface area contributed by atoms with Gasteiger partial charge in [-0.1, -0.05) is 6.07 Å². The Labute approximate surface area is 139 Å². The van der Waals surface area contributed by atoms with Crippen LogP contribution in [0.4, 0.5) is 5.82 Å². The smallest absolute Gasteiger partial charge is 0.270 e. The van der Waals surface area contributed by atoms with Crippen LogP contribution in [-0.4, -0.2) is 54.3 Å². The monoisotopic (exact) mass is 329 g/mol. The third-order valence-corrected chi connectivity index (χ3v) is 3.68. The van der Waals surface area contributed by atoms with Gasteiger partial charge in [-0.25, -0.2) is 15.0 Å². The molecule has 0 unspecified atom stereocenters. The van der Waals surface area contributed by atoms with E-state index < -0.39 is 0 Å². The zero-order chi connectivity index (χ0) is 16.8. The third kappa shape index (κ3) is 3.96. The molecule has 2 aromatic heterocycles. The Morgan fingerprint density at radius 2 is 2.12 bits per heavy atom. The van der Waals surface area contributed by atoms with Gasteiger partial charge in [-0.15, -0.1) is 0 Å². The predicted octanol–water partition coefficient (Wildman–Crippen LogP) is 0.647. The number of ether oxygens (including phenoxy) is 2. The first-order chi connectivity index (χ1) is 11.8. The number of amides is 1. The van der Waals surface area contributed by atoms with E-state index in [0.29, 0.717) is 12.4 Å². The second-order valence-corrected chi connectivity index (χ2v) is 5.25. The first-order valence-electron chi connectivity index (χ1n) is 7.68. The quantitative estimate of drug-likeness (QED) is 0.861. The van der Waals surface area contributed by atoms with E-state index >= 15 is 0 Å². The van der Waals surface area contributed by atoms with Crippen molar-refractivity contribution in [1.82, 2.24) is 20.3 Å². The predicted molar refractivity (Wildman–Crippen MR) is 87.0 cm³/mol. The molecule has 3 heterocycles. The van der Waals surface area contributed by atoms with E-state index in [-0.39, 0.29) is 11.6 Å². The van der Waals surface area contributed by atoms with Gasteiger partial charge in [0.1, 0.15) is 17.8 Å². The van der Waals surface area contributed by atoms with E-state index in [1.54, 1.807) is 6.20 Å². The van der Waals surface area contributed by atoms with Crippen LogP contribution in [0.2, 0.25) is 0 Å². The van der Waals surface area contributed by atoms with Crippen molar-refractivity contribution in [2.24, 2.45) is 0 Å². The Morgan fingerprint density at radius 3 is 2.83 bits per heavy atom. The van der Waals surface area contributed by atoms with Crippen LogP contribution in [0.3, 0.4) is 0 Å². The molecule has 1 saturated heterocycles. The van der Waals surface area contributed by atoms with Crippen LogP contribution in [0.25, 0.3) is 0 Å². The molecule has 0 aromatic carbocycles. The van der Waals surface area contributed by atoms with Gasteiger partial charge < -0.3 is 19.7 Å². The summed E-state index contributed by atoms with van der Waals surface area (Å²) in [6, 6.07) is 5.41. The van der Waals surface area contributed by atoms with E-state index in [1.165, 1.54) is 19.5 Å². The summed E-state index contributed by atoms with van der Waals surface area (Å²) in [5, 5.41) is 2.81. The first-order valence-corrected chi connectivity index (χ1v) is 7.68. The minimum absolute atomic E-state index is 0.264. The summed E-state index contributed by atoms with van der Waals surface area (Å²) in [4.78, 5) is 26.5. The van der Waals surface area contributed by atoms with Crippen LogP contribution in [0.5, 0.6) is 5.88 Å². The lowest BCUT2D eigenvalue weighted by molar-refractivity contribution is 0.0945. The molecule has 0 atom stereocenters. The molecule has 2 aromatic rings. The van der Waals surface area contributed by atoms with Crippen LogP contribution < -0.4 is 15.0 Å². The van der Waals surface area contributed by atoms with Gasteiger partial charge in [0.15, 0.2) is 0 Å². The van der Waals surface area contributed by atoms with E-state index in [1.807, 2.05) is 12.1 Å². The Hall–Kier alpha value is -2.74. The van der Waals surface area contributed by atoms with Crippen molar-refractivity contribution in [2.75, 3.05) is 38.3 Å². The van der Waals surface area contributed by atoms with E-state index in [0.717, 1.165) is 37.7 Å². The van der Waals surface area contributed by atoms with Crippen LogP contribution in [-0.2, 0) is 11.3 Å². The topological polar surface area (TPSA) is 89.5 Å². The van der Waals surface area contributed by atoms with Crippen molar-refractivity contribution < 1.29 is 14.3 Å². The maximum absolute atomic E-state index is 12.1. The maximum Gasteiger partial charge on any atom is 0.270 e. The van der Waals surface area contributed by atoms with Gasteiger partial charge in [0.2, 0.25) is 5.88 Å². The minimum atomic E-state index is -0.284. The molecule has 0 bridgehead atoms. The molecule has 1 aliphatic rings. The lowest BCUT2D eigenvalue weighted by Gasteiger charge is -2.27. The second-order valence-electron chi connectivity index (χ2n) is 5.25. The lowest BCUT2D eigenvalue weighted by atomic mass is 10.2. The largest absolute Gasteiger partial charge is 0.481 e. The maximum atomic E-state index is 12.1. The molecule has 24 heavy (non-hydrogen) atoms. The average Bonchev–Trinajstić information content (AvgIpc) is 2.67. The number of morpholine rings is 1. The molecule has 0 aliphatic carbocycles. The Kier molecular flexibility index (Phi) is 5.17. The number of carbonyl (C=O) groups excluding carboxylic acids is 1. The van der Waals surface area contributed by atoms with E-state index in [2.05, 4.69) is 25.2 Å². The van der Waals surface area contributed by atoms with Gasteiger partial charge in [0.25, 0.3) is 5.91 Å². The van der Waals surface area contributed by atoms with Crippen molar-refractivity contribution in [2.45, 2.75) is 6.54 Å². The molecule has 8 heteroatoms. The summed E-state index contributed by atoms with van der Waals surface area (Å²) >= 11 is 0. The van der Waals surface area contributed by atoms with Crippen LogP contribution in [0.15, 0.2) is 30.7 Å². The van der Waals surface area contributed by atoms with Gasteiger partial charge in [0, 0.05) is 31.9 Å². The van der Waals surface area contributed by atoms with Gasteiger partial charge >= 0.3 is 0 Å². The fraction of sp³-hybridized carbons (Fsp3) is 0.375. The Bertz CT molecular complexity index is 686. The molecule has 0 radical (unpaired) electrons. The molecular formula is C16H19N5O3. The number of hydrogen-bond acceptors (Lipinski definition) is 7. The summed E-state index contributed by atoms with van der Waals surface area (Å²) in [5.74, 6) is 0.994. The fourth-order valence-electron chi connectivity index (χ4n) is 2.35. The van der Waals surface area contributed by atoms with Crippen molar-refractivity contribution >= 4 is 11.7 Å². The number of methoxy groups -OCH3 is 1. The van der Waals surface area contributed by atoms with Crippen molar-refractivity contribution in [3.05, 3.63) is 42.0 Å². The molecule has 1 amide bonds. The molecule has 0 spiro atoms. The van der Waals surface area contributed by atoms with Gasteiger partial charge in [-0.3, -0.25) is 4.79 Å². The number of rotatable bonds is 5. The summed E-state index contributed by atoms with van der Waals surface area (Å²) in [5.41, 5.74) is 1.18. The fourth-order valence-corrected chi connectivity index (χ4v) is 2.35. The number of pyridine rings is 1. The SMILES string of the molecule is COc1cc(C(=O)NCc2ccc(N3CCOCC3)nc2)ncn1. The van der Waals surface area contributed by atoms with Crippen molar-refractivity contribution in [3.8, 4) is 5.88 Å². The molecule has 1 fully saturated rings. The van der Waals surface area contributed by atoms with Crippen molar-refractivity contribution in [1.29, 1.82) is 0 Å². The summed E-state index contributed by atoms with van der Waals surface area (Å²) in [7, 11) is 1.49. The highest BCUT2D eigenvalue weighted by atomic mass is 16.5. The van der Waals surface area contributed by atoms with Gasteiger partial charge in [-0.2, -0.15) is 0 Å². The highest BCUT2D eigenvalue weighted by Crippen LogP contribution is 2.13. The number of nitrogens with one attached hydrogen (secondary N) is 1. The lowest BCUT2D eigenvalue weighted by Crippen LogP contribution is -2.36. The van der Waals surface area contributed by atoms with Crippen LogP contribution >= 0.6 is 0 Å². The highest BCUT2D eigenvalue weighted by Gasteiger charge is 2.12. The Balaban J connectivity index is 1.56. The first kappa shape index (κ1) is 16.1. The normalized spacial score (nSPS) is 14.3. The number of hydrogen-bond donors (Lipinski definition) is 1. The number of carbonyl (C=O) groups is 1. The molecule has 1 aliphatic heterocycles. The number of anilines is 1. The standard InChI is InChI=1S/C16H19N5O3/c1-23-15-8-13(19-11-20-15)16(22)18-10-12-2-3-14(17-9-12)21-4-6-24-7-5-21/h2-3,8-9,11H,4-7,10H2,1H3,(H,18,22). The zero-order valence-electron chi connectivity index (χ0n) is 13.4. The van der Waals surface area contributed by atoms with Crippen LogP contribution in [0.1, 0.15) is 16.1 Å². The molecular weight excluding hydrogens is 310 g/mol. The van der Waals surface area contributed by atoms with Crippen LogP contribution in [0, 0.1) is 0 Å². The number of aromatic nitrogens is 3.